The van der Waals surface area contributed by atoms with Gasteiger partial charge in [-0.25, -0.2) is 13.5 Å². The van der Waals surface area contributed by atoms with E-state index in [9.17, 15) is 13.6 Å². The molecule has 0 aliphatic rings. The van der Waals surface area contributed by atoms with Gasteiger partial charge in [0.25, 0.3) is 5.91 Å². The van der Waals surface area contributed by atoms with Crippen molar-refractivity contribution in [1.82, 2.24) is 20.1 Å². The molecule has 0 unspecified atom stereocenters. The van der Waals surface area contributed by atoms with Gasteiger partial charge in [0, 0.05) is 36.3 Å². The first kappa shape index (κ1) is 17.8. The summed E-state index contributed by atoms with van der Waals surface area (Å²) in [6, 6.07) is 14.1. The molecule has 1 amide bonds. The summed E-state index contributed by atoms with van der Waals surface area (Å²) in [7, 11) is 0. The Hall–Kier alpha value is -3.61. The Morgan fingerprint density at radius 3 is 2.71 bits per heavy atom. The Kier molecular flexibility index (Phi) is 4.80. The molecule has 4 aromatic rings. The van der Waals surface area contributed by atoms with Crippen molar-refractivity contribution in [3.8, 4) is 5.69 Å². The average molecular weight is 378 g/mol. The van der Waals surface area contributed by atoms with Gasteiger partial charge in [-0.3, -0.25) is 9.78 Å². The molecule has 7 heteroatoms. The number of hydrogen-bond acceptors (Lipinski definition) is 3. The number of nitrogens with one attached hydrogen (secondary N) is 1. The third-order valence-corrected chi connectivity index (χ3v) is 4.32. The number of benzene rings is 2. The molecule has 0 radical (unpaired) electrons. The molecule has 0 saturated carbocycles. The van der Waals surface area contributed by atoms with Crippen molar-refractivity contribution in [3.63, 3.8) is 0 Å². The summed E-state index contributed by atoms with van der Waals surface area (Å²) in [5.41, 5.74) is 2.01. The molecule has 2 heterocycles. The van der Waals surface area contributed by atoms with Crippen molar-refractivity contribution < 1.29 is 13.6 Å². The van der Waals surface area contributed by atoms with E-state index < -0.39 is 5.82 Å². The van der Waals surface area contributed by atoms with Gasteiger partial charge in [0.1, 0.15) is 17.2 Å². The lowest BCUT2D eigenvalue weighted by Crippen LogP contribution is -2.26. The van der Waals surface area contributed by atoms with E-state index in [2.05, 4.69) is 15.4 Å². The largest absolute Gasteiger partial charge is 0.352 e. The first-order valence-electron chi connectivity index (χ1n) is 8.73. The number of pyridine rings is 1. The van der Waals surface area contributed by atoms with Crippen LogP contribution >= 0.6 is 0 Å². The monoisotopic (exact) mass is 378 g/mol. The molecule has 0 fully saturated rings. The molecule has 0 aliphatic carbocycles. The van der Waals surface area contributed by atoms with Gasteiger partial charge in [0.05, 0.1) is 11.4 Å². The summed E-state index contributed by atoms with van der Waals surface area (Å²) in [4.78, 5) is 16.3. The number of halogens is 2. The number of amides is 1. The van der Waals surface area contributed by atoms with Crippen LogP contribution in [0, 0.1) is 11.6 Å². The number of nitrogens with zero attached hydrogens (tertiary/aromatic N) is 3. The molecule has 2 aromatic heterocycles. The zero-order valence-corrected chi connectivity index (χ0v) is 14.8. The third kappa shape index (κ3) is 3.73. The van der Waals surface area contributed by atoms with Gasteiger partial charge < -0.3 is 5.32 Å². The molecule has 4 rings (SSSR count). The van der Waals surface area contributed by atoms with E-state index in [1.165, 1.54) is 24.4 Å². The van der Waals surface area contributed by atoms with Crippen LogP contribution in [0.5, 0.6) is 0 Å². The summed E-state index contributed by atoms with van der Waals surface area (Å²) in [6.07, 6.45) is 3.80. The SMILES string of the molecule is O=C(NCCc1ccn(-c2ccc(F)cc2)n1)c1cc(F)c2ncccc2c1. The minimum Gasteiger partial charge on any atom is -0.352 e. The van der Waals surface area contributed by atoms with Crippen molar-refractivity contribution in [1.29, 1.82) is 0 Å². The highest BCUT2D eigenvalue weighted by atomic mass is 19.1. The van der Waals surface area contributed by atoms with Crippen LogP contribution in [0.4, 0.5) is 8.78 Å². The molecule has 140 valence electrons. The summed E-state index contributed by atoms with van der Waals surface area (Å²) >= 11 is 0. The minimum atomic E-state index is -0.527. The highest BCUT2D eigenvalue weighted by molar-refractivity contribution is 5.98. The van der Waals surface area contributed by atoms with E-state index in [-0.39, 0.29) is 22.8 Å². The number of carbonyl (C=O) groups excluding carboxylic acids is 1. The normalized spacial score (nSPS) is 10.9. The fraction of sp³-hybridized carbons (Fsp3) is 0.0952. The molecule has 0 saturated heterocycles. The predicted octanol–water partition coefficient (Wildman–Crippen LogP) is 3.67. The Balaban J connectivity index is 1.39. The second kappa shape index (κ2) is 7.56. The maximum atomic E-state index is 14.1. The van der Waals surface area contributed by atoms with Crippen LogP contribution < -0.4 is 5.32 Å². The minimum absolute atomic E-state index is 0.241. The second-order valence-electron chi connectivity index (χ2n) is 6.27. The fourth-order valence-corrected chi connectivity index (χ4v) is 2.92. The van der Waals surface area contributed by atoms with Gasteiger partial charge in [0.15, 0.2) is 0 Å². The van der Waals surface area contributed by atoms with E-state index >= 15 is 0 Å². The van der Waals surface area contributed by atoms with Crippen LogP contribution in [0.1, 0.15) is 16.1 Å². The smallest absolute Gasteiger partial charge is 0.251 e. The maximum Gasteiger partial charge on any atom is 0.251 e. The van der Waals surface area contributed by atoms with E-state index in [1.807, 2.05) is 6.07 Å². The van der Waals surface area contributed by atoms with Crippen molar-refractivity contribution in [3.05, 3.63) is 89.9 Å². The molecule has 1 N–H and O–H groups in total. The van der Waals surface area contributed by atoms with Gasteiger partial charge in [-0.05, 0) is 48.5 Å². The number of hydrogen-bond donors (Lipinski definition) is 1. The molecule has 0 atom stereocenters. The quantitative estimate of drug-likeness (QED) is 0.576. The van der Waals surface area contributed by atoms with Crippen molar-refractivity contribution >= 4 is 16.8 Å². The standard InChI is InChI=1S/C21H16F2N4O/c22-16-3-5-18(6-4-16)27-11-8-17(26-27)7-10-25-21(28)15-12-14-2-1-9-24-20(14)19(23)13-15/h1-6,8-9,11-13H,7,10H2,(H,25,28). The summed E-state index contributed by atoms with van der Waals surface area (Å²) in [5, 5.41) is 7.76. The Labute approximate surface area is 159 Å². The first-order chi connectivity index (χ1) is 13.6. The molecular weight excluding hydrogens is 362 g/mol. The molecule has 2 aromatic carbocycles. The average Bonchev–Trinajstić information content (AvgIpc) is 3.17. The molecule has 5 nitrogen and oxygen atoms in total. The third-order valence-electron chi connectivity index (χ3n) is 4.32. The highest BCUT2D eigenvalue weighted by Crippen LogP contribution is 2.17. The number of fused-ring (bicyclic) bond motifs is 1. The van der Waals surface area contributed by atoms with Crippen molar-refractivity contribution in [2.75, 3.05) is 6.54 Å². The van der Waals surface area contributed by atoms with Crippen molar-refractivity contribution in [2.24, 2.45) is 0 Å². The molecular formula is C21H16F2N4O. The van der Waals surface area contributed by atoms with Crippen LogP contribution in [-0.2, 0) is 6.42 Å². The van der Waals surface area contributed by atoms with Crippen LogP contribution in [0.25, 0.3) is 16.6 Å². The van der Waals surface area contributed by atoms with Crippen LogP contribution in [0.2, 0.25) is 0 Å². The molecule has 28 heavy (non-hydrogen) atoms. The van der Waals surface area contributed by atoms with Gasteiger partial charge >= 0.3 is 0 Å². The zero-order chi connectivity index (χ0) is 19.5. The van der Waals surface area contributed by atoms with Crippen LogP contribution in [0.3, 0.4) is 0 Å². The lowest BCUT2D eigenvalue weighted by molar-refractivity contribution is 0.0954. The predicted molar refractivity (Wildman–Crippen MR) is 101 cm³/mol. The molecule has 0 bridgehead atoms. The zero-order valence-electron chi connectivity index (χ0n) is 14.8. The van der Waals surface area contributed by atoms with Gasteiger partial charge in [-0.2, -0.15) is 5.10 Å². The summed E-state index contributed by atoms with van der Waals surface area (Å²) in [5.74, 6) is -1.19. The van der Waals surface area contributed by atoms with Gasteiger partial charge in [-0.15, -0.1) is 0 Å². The maximum absolute atomic E-state index is 14.1. The first-order valence-corrected chi connectivity index (χ1v) is 8.73. The molecule has 0 spiro atoms. The summed E-state index contributed by atoms with van der Waals surface area (Å²) < 4.78 is 28.7. The number of carbonyl (C=O) groups is 1. The van der Waals surface area contributed by atoms with E-state index in [1.54, 1.807) is 41.2 Å². The van der Waals surface area contributed by atoms with E-state index in [0.29, 0.717) is 18.4 Å². The summed E-state index contributed by atoms with van der Waals surface area (Å²) in [6.45, 7) is 0.353. The Morgan fingerprint density at radius 2 is 1.89 bits per heavy atom. The lowest BCUT2D eigenvalue weighted by atomic mass is 10.1. The van der Waals surface area contributed by atoms with Crippen molar-refractivity contribution in [2.45, 2.75) is 6.42 Å². The van der Waals surface area contributed by atoms with Gasteiger partial charge in [0.2, 0.25) is 0 Å². The Morgan fingerprint density at radius 1 is 1.07 bits per heavy atom. The van der Waals surface area contributed by atoms with Crippen LogP contribution in [-0.4, -0.2) is 27.2 Å². The Bertz CT molecular complexity index is 1140. The fourth-order valence-electron chi connectivity index (χ4n) is 2.92. The number of aromatic nitrogens is 3. The molecule has 0 aliphatic heterocycles. The topological polar surface area (TPSA) is 59.8 Å². The lowest BCUT2D eigenvalue weighted by Gasteiger charge is -2.06. The number of rotatable bonds is 5. The van der Waals surface area contributed by atoms with E-state index in [0.717, 1.165) is 11.4 Å². The second-order valence-corrected chi connectivity index (χ2v) is 6.27. The van der Waals surface area contributed by atoms with Crippen LogP contribution in [0.15, 0.2) is 67.0 Å². The van der Waals surface area contributed by atoms with Gasteiger partial charge in [-0.1, -0.05) is 6.07 Å². The highest BCUT2D eigenvalue weighted by Gasteiger charge is 2.11. The van der Waals surface area contributed by atoms with E-state index in [4.69, 9.17) is 0 Å².